The van der Waals surface area contributed by atoms with Crippen LogP contribution in [0.1, 0.15) is 51.5 Å². The maximum atomic E-state index is 14.2. The van der Waals surface area contributed by atoms with Crippen LogP contribution in [0.25, 0.3) is 0 Å². The molecule has 0 radical (unpaired) electrons. The number of amides is 2. The molecule has 1 fully saturated rings. The lowest BCUT2D eigenvalue weighted by Crippen LogP contribution is -2.53. The monoisotopic (exact) mass is 663 g/mol. The van der Waals surface area contributed by atoms with E-state index in [1.165, 1.54) is 17.0 Å². The number of rotatable bonds is 12. The molecule has 236 valence electrons. The number of nitrogens with zero attached hydrogens (tertiary/aromatic N) is 2. The largest absolute Gasteiger partial charge is 0.494 e. The first kappa shape index (κ1) is 33.6. The summed E-state index contributed by atoms with van der Waals surface area (Å²) in [5, 5.41) is 3.66. The van der Waals surface area contributed by atoms with Gasteiger partial charge in [0.25, 0.3) is 10.0 Å². The maximum absolute atomic E-state index is 14.2. The highest BCUT2D eigenvalue weighted by Gasteiger charge is 2.34. The predicted octanol–water partition coefficient (Wildman–Crippen LogP) is 6.59. The van der Waals surface area contributed by atoms with E-state index in [0.717, 1.165) is 60.7 Å². The number of carbonyl (C=O) groups excluding carboxylic acids is 2. The number of anilines is 1. The van der Waals surface area contributed by atoms with Gasteiger partial charge in [-0.15, -0.1) is 0 Å². The molecule has 4 rings (SSSR count). The van der Waals surface area contributed by atoms with Crippen LogP contribution in [-0.2, 0) is 26.2 Å². The molecule has 1 aliphatic carbocycles. The van der Waals surface area contributed by atoms with Gasteiger partial charge < -0.3 is 15.0 Å². The summed E-state index contributed by atoms with van der Waals surface area (Å²) in [6.07, 6.45) is 4.83. The number of hydrogen-bond donors (Lipinski definition) is 1. The molecule has 2 amide bonds. The molecule has 1 N–H and O–H groups in total. The normalized spacial score (nSPS) is 14.5. The molecular weight excluding hydrogens is 628 g/mol. The van der Waals surface area contributed by atoms with Gasteiger partial charge >= 0.3 is 0 Å². The van der Waals surface area contributed by atoms with Gasteiger partial charge in [-0.05, 0) is 87.4 Å². The Morgan fingerprint density at radius 3 is 2.18 bits per heavy atom. The van der Waals surface area contributed by atoms with Crippen LogP contribution in [0.3, 0.4) is 0 Å². The molecule has 1 aliphatic rings. The van der Waals surface area contributed by atoms with E-state index in [1.807, 2.05) is 6.92 Å². The van der Waals surface area contributed by atoms with E-state index in [-0.39, 0.29) is 29.1 Å². The van der Waals surface area contributed by atoms with Gasteiger partial charge in [-0.3, -0.25) is 13.9 Å². The standard InChI is InChI=1S/C32H36Cl2FN3O5S/c1-3-43-26-16-14-25(15-17-26)38(44(41,42)27-18-12-23(35)13-19-27)21-31(39)37(20-28-29(33)10-7-11-30(28)34)22(2)32(40)36-24-8-5-4-6-9-24/h7,10-19,22,24H,3-6,8-9,20-21H2,1-2H3,(H,36,40). The summed E-state index contributed by atoms with van der Waals surface area (Å²) >= 11 is 12.9. The molecule has 3 aromatic carbocycles. The van der Waals surface area contributed by atoms with Gasteiger partial charge in [0.1, 0.15) is 24.2 Å². The number of benzene rings is 3. The molecule has 3 aromatic rings. The Kier molecular flexibility index (Phi) is 11.5. The fraction of sp³-hybridized carbons (Fsp3) is 0.375. The molecule has 0 aromatic heterocycles. The first-order valence-electron chi connectivity index (χ1n) is 14.5. The average Bonchev–Trinajstić information content (AvgIpc) is 3.00. The van der Waals surface area contributed by atoms with E-state index < -0.39 is 34.3 Å². The Bertz CT molecular complexity index is 1530. The summed E-state index contributed by atoms with van der Waals surface area (Å²) in [6, 6.07) is 14.5. The second-order valence-corrected chi connectivity index (χ2v) is 13.3. The van der Waals surface area contributed by atoms with E-state index in [1.54, 1.807) is 37.3 Å². The van der Waals surface area contributed by atoms with Crippen molar-refractivity contribution in [2.45, 2.75) is 69.5 Å². The van der Waals surface area contributed by atoms with Crippen LogP contribution < -0.4 is 14.4 Å². The van der Waals surface area contributed by atoms with E-state index >= 15 is 0 Å². The number of sulfonamides is 1. The fourth-order valence-electron chi connectivity index (χ4n) is 5.14. The summed E-state index contributed by atoms with van der Waals surface area (Å²) in [7, 11) is -4.36. The minimum Gasteiger partial charge on any atom is -0.494 e. The third-order valence-electron chi connectivity index (χ3n) is 7.63. The molecule has 0 heterocycles. The molecule has 1 unspecified atom stereocenters. The van der Waals surface area contributed by atoms with Crippen molar-refractivity contribution < 1.29 is 27.1 Å². The van der Waals surface area contributed by atoms with Crippen LogP contribution in [-0.4, -0.2) is 50.4 Å². The number of nitrogens with one attached hydrogen (secondary N) is 1. The fourth-order valence-corrected chi connectivity index (χ4v) is 7.07. The first-order chi connectivity index (χ1) is 21.0. The van der Waals surface area contributed by atoms with E-state index in [9.17, 15) is 22.4 Å². The first-order valence-corrected chi connectivity index (χ1v) is 16.7. The lowest BCUT2D eigenvalue weighted by Gasteiger charge is -2.33. The zero-order valence-corrected chi connectivity index (χ0v) is 27.0. The van der Waals surface area contributed by atoms with Crippen LogP contribution in [0.5, 0.6) is 5.75 Å². The highest BCUT2D eigenvalue weighted by atomic mass is 35.5. The topological polar surface area (TPSA) is 96.0 Å². The van der Waals surface area contributed by atoms with Crippen molar-refractivity contribution in [2.24, 2.45) is 0 Å². The molecule has 1 saturated carbocycles. The Morgan fingerprint density at radius 2 is 1.59 bits per heavy atom. The highest BCUT2D eigenvalue weighted by Crippen LogP contribution is 2.29. The molecule has 44 heavy (non-hydrogen) atoms. The zero-order chi connectivity index (χ0) is 31.9. The highest BCUT2D eigenvalue weighted by molar-refractivity contribution is 7.92. The van der Waals surface area contributed by atoms with Crippen molar-refractivity contribution in [3.8, 4) is 5.75 Å². The van der Waals surface area contributed by atoms with Crippen molar-refractivity contribution in [1.29, 1.82) is 0 Å². The van der Waals surface area contributed by atoms with Crippen LogP contribution >= 0.6 is 23.2 Å². The van der Waals surface area contributed by atoms with Gasteiger partial charge in [0.2, 0.25) is 11.8 Å². The van der Waals surface area contributed by atoms with Crippen molar-refractivity contribution in [3.05, 3.63) is 88.2 Å². The van der Waals surface area contributed by atoms with Gasteiger partial charge in [-0.2, -0.15) is 0 Å². The van der Waals surface area contributed by atoms with Gasteiger partial charge in [0.05, 0.1) is 17.2 Å². The van der Waals surface area contributed by atoms with Crippen molar-refractivity contribution >= 4 is 50.7 Å². The van der Waals surface area contributed by atoms with Crippen LogP contribution in [0.2, 0.25) is 10.0 Å². The SMILES string of the molecule is CCOc1ccc(N(CC(=O)N(Cc2c(Cl)cccc2Cl)C(C)C(=O)NC2CCCCC2)S(=O)(=O)c2ccc(F)cc2)cc1. The molecule has 0 aliphatic heterocycles. The molecule has 12 heteroatoms. The smallest absolute Gasteiger partial charge is 0.264 e. The number of halogens is 3. The third-order valence-corrected chi connectivity index (χ3v) is 10.1. The number of ether oxygens (including phenoxy) is 1. The minimum atomic E-state index is -4.36. The third kappa shape index (κ3) is 8.22. The summed E-state index contributed by atoms with van der Waals surface area (Å²) < 4.78 is 48.0. The molecule has 8 nitrogen and oxygen atoms in total. The Balaban J connectivity index is 1.71. The summed E-state index contributed by atoms with van der Waals surface area (Å²) in [6.45, 7) is 3.04. The van der Waals surface area contributed by atoms with Crippen LogP contribution in [0.4, 0.5) is 10.1 Å². The minimum absolute atomic E-state index is 0.00115. The van der Waals surface area contributed by atoms with Crippen molar-refractivity contribution in [2.75, 3.05) is 17.5 Å². The van der Waals surface area contributed by atoms with Gasteiger partial charge in [-0.1, -0.05) is 48.5 Å². The second-order valence-electron chi connectivity index (χ2n) is 10.6. The summed E-state index contributed by atoms with van der Waals surface area (Å²) in [5.74, 6) is -1.10. The lowest BCUT2D eigenvalue weighted by molar-refractivity contribution is -0.139. The van der Waals surface area contributed by atoms with Gasteiger partial charge in [0, 0.05) is 28.2 Å². The van der Waals surface area contributed by atoms with E-state index in [0.29, 0.717) is 28.0 Å². The van der Waals surface area contributed by atoms with E-state index in [4.69, 9.17) is 27.9 Å². The van der Waals surface area contributed by atoms with Crippen molar-refractivity contribution in [3.63, 3.8) is 0 Å². The lowest BCUT2D eigenvalue weighted by atomic mass is 9.95. The molecular formula is C32H36Cl2FN3O5S. The van der Waals surface area contributed by atoms with Crippen molar-refractivity contribution in [1.82, 2.24) is 10.2 Å². The van der Waals surface area contributed by atoms with E-state index in [2.05, 4.69) is 5.32 Å². The molecule has 0 saturated heterocycles. The van der Waals surface area contributed by atoms with Gasteiger partial charge in [0.15, 0.2) is 0 Å². The Labute approximate surface area is 268 Å². The Hall–Kier alpha value is -3.34. The quantitative estimate of drug-likeness (QED) is 0.236. The summed E-state index contributed by atoms with van der Waals surface area (Å²) in [5.41, 5.74) is 0.608. The number of carbonyl (C=O) groups is 2. The zero-order valence-electron chi connectivity index (χ0n) is 24.6. The second kappa shape index (κ2) is 15.1. The Morgan fingerprint density at radius 1 is 0.977 bits per heavy atom. The molecule has 0 spiro atoms. The molecule has 1 atom stereocenters. The summed E-state index contributed by atoms with van der Waals surface area (Å²) in [4.78, 5) is 28.7. The van der Waals surface area contributed by atoms with Gasteiger partial charge in [-0.25, -0.2) is 12.8 Å². The molecule has 0 bridgehead atoms. The van der Waals surface area contributed by atoms with Crippen LogP contribution in [0.15, 0.2) is 71.6 Å². The van der Waals surface area contributed by atoms with Crippen LogP contribution in [0, 0.1) is 5.82 Å². The maximum Gasteiger partial charge on any atom is 0.264 e. The number of hydrogen-bond acceptors (Lipinski definition) is 5. The average molecular weight is 665 g/mol. The predicted molar refractivity (Wildman–Crippen MR) is 170 cm³/mol.